The summed E-state index contributed by atoms with van der Waals surface area (Å²) in [6.07, 6.45) is 2.95. The van der Waals surface area contributed by atoms with Gasteiger partial charge in [0.25, 0.3) is 0 Å². The number of benzene rings is 1. The number of rotatable bonds is 5. The minimum atomic E-state index is -0.744. The molecule has 3 nitrogen and oxygen atoms in total. The number of ether oxygens (including phenoxy) is 1. The number of hydrogen-bond acceptors (Lipinski definition) is 3. The lowest BCUT2D eigenvalue weighted by Gasteiger charge is -2.21. The summed E-state index contributed by atoms with van der Waals surface area (Å²) in [5, 5.41) is 13.2. The van der Waals surface area contributed by atoms with Crippen molar-refractivity contribution in [3.8, 4) is 5.75 Å². The summed E-state index contributed by atoms with van der Waals surface area (Å²) >= 11 is 0. The van der Waals surface area contributed by atoms with E-state index >= 15 is 0 Å². The Morgan fingerprint density at radius 1 is 1.50 bits per heavy atom. The van der Waals surface area contributed by atoms with Crippen LogP contribution in [0.15, 0.2) is 18.2 Å². The number of fused-ring (bicyclic) bond motifs is 1. The molecule has 1 aromatic rings. The first-order chi connectivity index (χ1) is 8.55. The Labute approximate surface area is 109 Å². The molecular formula is C15H23NO2. The molecular weight excluding hydrogens is 226 g/mol. The van der Waals surface area contributed by atoms with Gasteiger partial charge in [-0.1, -0.05) is 13.0 Å². The van der Waals surface area contributed by atoms with Gasteiger partial charge >= 0.3 is 0 Å². The Hall–Kier alpha value is -1.06. The van der Waals surface area contributed by atoms with Gasteiger partial charge in [-0.25, -0.2) is 0 Å². The van der Waals surface area contributed by atoms with E-state index in [0.717, 1.165) is 18.6 Å². The molecule has 1 aliphatic rings. The van der Waals surface area contributed by atoms with E-state index in [-0.39, 0.29) is 0 Å². The number of aryl methyl sites for hydroxylation is 1. The van der Waals surface area contributed by atoms with Crippen LogP contribution in [0, 0.1) is 0 Å². The van der Waals surface area contributed by atoms with E-state index in [2.05, 4.69) is 17.4 Å². The molecule has 2 N–H and O–H groups in total. The largest absolute Gasteiger partial charge is 0.491 e. The van der Waals surface area contributed by atoms with Crippen LogP contribution in [0.3, 0.4) is 0 Å². The molecule has 0 fully saturated rings. The maximum atomic E-state index is 9.92. The Morgan fingerprint density at radius 2 is 2.28 bits per heavy atom. The summed E-state index contributed by atoms with van der Waals surface area (Å²) in [7, 11) is 2.00. The fraction of sp³-hybridized carbons (Fsp3) is 0.600. The van der Waals surface area contributed by atoms with Crippen LogP contribution in [0.25, 0.3) is 0 Å². The van der Waals surface area contributed by atoms with E-state index in [1.807, 2.05) is 20.0 Å². The number of hydrogen-bond donors (Lipinski definition) is 2. The first-order valence-corrected chi connectivity index (χ1v) is 6.71. The summed E-state index contributed by atoms with van der Waals surface area (Å²) in [6.45, 7) is 4.11. The Bertz CT molecular complexity index is 415. The minimum Gasteiger partial charge on any atom is -0.491 e. The zero-order chi connectivity index (χ0) is 13.2. The van der Waals surface area contributed by atoms with Gasteiger partial charge in [0, 0.05) is 6.04 Å². The number of aliphatic hydroxyl groups is 1. The standard InChI is InChI=1S/C15H23NO2/c1-4-15(2,17)10-18-12-6-7-13-11(9-12)5-8-14(13)16-3/h6-7,9,14,16-17H,4-5,8,10H2,1-3H3. The summed E-state index contributed by atoms with van der Waals surface area (Å²) in [5.41, 5.74) is 2.00. The van der Waals surface area contributed by atoms with Crippen LogP contribution in [-0.4, -0.2) is 24.4 Å². The molecule has 100 valence electrons. The van der Waals surface area contributed by atoms with E-state index in [0.29, 0.717) is 19.1 Å². The molecule has 0 heterocycles. The fourth-order valence-corrected chi connectivity index (χ4v) is 2.32. The van der Waals surface area contributed by atoms with Crippen molar-refractivity contribution in [1.82, 2.24) is 5.32 Å². The highest BCUT2D eigenvalue weighted by molar-refractivity contribution is 5.40. The van der Waals surface area contributed by atoms with Gasteiger partial charge in [-0.2, -0.15) is 0 Å². The SMILES string of the molecule is CCC(C)(O)COc1ccc2c(c1)CCC2NC. The van der Waals surface area contributed by atoms with Crippen LogP contribution in [0.5, 0.6) is 5.75 Å². The third kappa shape index (κ3) is 2.85. The molecule has 1 aromatic carbocycles. The molecule has 0 spiro atoms. The zero-order valence-electron chi connectivity index (χ0n) is 11.5. The smallest absolute Gasteiger partial charge is 0.119 e. The lowest BCUT2D eigenvalue weighted by Crippen LogP contribution is -2.31. The van der Waals surface area contributed by atoms with Gasteiger partial charge in [-0.15, -0.1) is 0 Å². The normalized spacial score (nSPS) is 21.4. The van der Waals surface area contributed by atoms with Crippen LogP contribution in [0.4, 0.5) is 0 Å². The molecule has 2 rings (SSSR count). The van der Waals surface area contributed by atoms with Crippen LogP contribution in [0.2, 0.25) is 0 Å². The van der Waals surface area contributed by atoms with E-state index in [4.69, 9.17) is 4.74 Å². The van der Waals surface area contributed by atoms with Crippen LogP contribution >= 0.6 is 0 Å². The van der Waals surface area contributed by atoms with Crippen molar-refractivity contribution in [3.63, 3.8) is 0 Å². The number of nitrogens with one attached hydrogen (secondary N) is 1. The fourth-order valence-electron chi connectivity index (χ4n) is 2.32. The molecule has 18 heavy (non-hydrogen) atoms. The molecule has 0 radical (unpaired) electrons. The topological polar surface area (TPSA) is 41.5 Å². The second kappa shape index (κ2) is 5.29. The van der Waals surface area contributed by atoms with Crippen LogP contribution < -0.4 is 10.1 Å². The third-order valence-electron chi connectivity index (χ3n) is 3.85. The van der Waals surface area contributed by atoms with Crippen molar-refractivity contribution in [1.29, 1.82) is 0 Å². The summed E-state index contributed by atoms with van der Waals surface area (Å²) in [5.74, 6) is 0.860. The van der Waals surface area contributed by atoms with Crippen molar-refractivity contribution >= 4 is 0 Å². The molecule has 0 bridgehead atoms. The first-order valence-electron chi connectivity index (χ1n) is 6.71. The zero-order valence-corrected chi connectivity index (χ0v) is 11.5. The molecule has 0 amide bonds. The molecule has 2 atom stereocenters. The van der Waals surface area contributed by atoms with Crippen molar-refractivity contribution < 1.29 is 9.84 Å². The van der Waals surface area contributed by atoms with E-state index in [9.17, 15) is 5.11 Å². The van der Waals surface area contributed by atoms with E-state index in [1.165, 1.54) is 11.1 Å². The van der Waals surface area contributed by atoms with Gasteiger partial charge in [0.05, 0.1) is 5.60 Å². The highest BCUT2D eigenvalue weighted by atomic mass is 16.5. The molecule has 0 saturated heterocycles. The Kier molecular flexibility index (Phi) is 3.93. The van der Waals surface area contributed by atoms with E-state index in [1.54, 1.807) is 6.92 Å². The second-order valence-corrected chi connectivity index (χ2v) is 5.38. The van der Waals surface area contributed by atoms with Crippen molar-refractivity contribution in [2.45, 2.75) is 44.8 Å². The van der Waals surface area contributed by atoms with Crippen molar-refractivity contribution in [2.75, 3.05) is 13.7 Å². The van der Waals surface area contributed by atoms with Crippen molar-refractivity contribution in [2.24, 2.45) is 0 Å². The molecule has 0 aliphatic heterocycles. The van der Waals surface area contributed by atoms with Gasteiger partial charge < -0.3 is 15.2 Å². The minimum absolute atomic E-state index is 0.345. The lowest BCUT2D eigenvalue weighted by molar-refractivity contribution is 0.00845. The average Bonchev–Trinajstić information content (AvgIpc) is 2.78. The monoisotopic (exact) mass is 249 g/mol. The highest BCUT2D eigenvalue weighted by Crippen LogP contribution is 2.33. The van der Waals surface area contributed by atoms with E-state index < -0.39 is 5.60 Å². The maximum Gasteiger partial charge on any atom is 0.119 e. The van der Waals surface area contributed by atoms with Gasteiger partial charge in [0.1, 0.15) is 12.4 Å². The quantitative estimate of drug-likeness (QED) is 0.842. The molecule has 0 saturated carbocycles. The van der Waals surface area contributed by atoms with Crippen LogP contribution in [-0.2, 0) is 6.42 Å². The predicted molar refractivity (Wildman–Crippen MR) is 73.0 cm³/mol. The molecule has 0 aromatic heterocycles. The lowest BCUT2D eigenvalue weighted by atomic mass is 10.1. The summed E-state index contributed by atoms with van der Waals surface area (Å²) in [6, 6.07) is 6.73. The van der Waals surface area contributed by atoms with Gasteiger partial charge in [-0.3, -0.25) is 0 Å². The van der Waals surface area contributed by atoms with Gasteiger partial charge in [-0.05, 0) is 56.5 Å². The van der Waals surface area contributed by atoms with Gasteiger partial charge in [0.15, 0.2) is 0 Å². The maximum absolute atomic E-state index is 9.92. The molecule has 2 unspecified atom stereocenters. The second-order valence-electron chi connectivity index (χ2n) is 5.38. The van der Waals surface area contributed by atoms with Crippen LogP contribution in [0.1, 0.15) is 43.9 Å². The Balaban J connectivity index is 2.04. The van der Waals surface area contributed by atoms with Crippen molar-refractivity contribution in [3.05, 3.63) is 29.3 Å². The Morgan fingerprint density at radius 3 is 2.94 bits per heavy atom. The summed E-state index contributed by atoms with van der Waals surface area (Å²) < 4.78 is 5.69. The predicted octanol–water partition coefficient (Wildman–Crippen LogP) is 2.43. The van der Waals surface area contributed by atoms with Gasteiger partial charge in [0.2, 0.25) is 0 Å². The molecule has 3 heteroatoms. The summed E-state index contributed by atoms with van der Waals surface area (Å²) in [4.78, 5) is 0. The average molecular weight is 249 g/mol. The molecule has 1 aliphatic carbocycles. The highest BCUT2D eigenvalue weighted by Gasteiger charge is 2.22. The first kappa shape index (κ1) is 13.4. The third-order valence-corrected chi connectivity index (χ3v) is 3.85.